The molecule has 0 atom stereocenters. The van der Waals surface area contributed by atoms with E-state index in [2.05, 4.69) is 36.5 Å². The van der Waals surface area contributed by atoms with Gasteiger partial charge in [0.2, 0.25) is 0 Å². The molecule has 2 N–H and O–H groups in total. The average molecular weight is 456 g/mol. The van der Waals surface area contributed by atoms with E-state index in [1.165, 1.54) is 10.7 Å². The molecule has 0 spiro atoms. The van der Waals surface area contributed by atoms with E-state index in [1.54, 1.807) is 32.9 Å². The maximum Gasteiger partial charge on any atom is 0.416 e. The minimum Gasteiger partial charge on any atom is -0.347 e. The second-order valence-corrected chi connectivity index (χ2v) is 7.16. The van der Waals surface area contributed by atoms with Crippen LogP contribution in [0.3, 0.4) is 0 Å². The van der Waals surface area contributed by atoms with Crippen LogP contribution in [0.4, 0.5) is 13.2 Å². The van der Waals surface area contributed by atoms with Gasteiger partial charge in [-0.3, -0.25) is 9.89 Å². The van der Waals surface area contributed by atoms with E-state index in [9.17, 15) is 18.0 Å². The van der Waals surface area contributed by atoms with Crippen LogP contribution in [0.2, 0.25) is 0 Å². The molecule has 0 radical (unpaired) electrons. The summed E-state index contributed by atoms with van der Waals surface area (Å²) in [5, 5.41) is 13.2. The molecule has 0 fully saturated rings. The van der Waals surface area contributed by atoms with Gasteiger partial charge in [0.15, 0.2) is 5.69 Å². The molecule has 0 saturated heterocycles. The van der Waals surface area contributed by atoms with Crippen molar-refractivity contribution in [3.8, 4) is 5.69 Å². The number of hydrogen-bond donors (Lipinski definition) is 2. The normalized spacial score (nSPS) is 11.7. The zero-order valence-electron chi connectivity index (χ0n) is 15.3. The number of amides is 1. The zero-order valence-corrected chi connectivity index (χ0v) is 16.9. The number of benzene rings is 1. The molecular formula is C18H17BrF3N5O. The van der Waals surface area contributed by atoms with Crippen molar-refractivity contribution in [3.05, 3.63) is 62.6 Å². The van der Waals surface area contributed by atoms with Crippen molar-refractivity contribution in [2.75, 3.05) is 0 Å². The Hall–Kier alpha value is -2.62. The van der Waals surface area contributed by atoms with Crippen molar-refractivity contribution < 1.29 is 18.0 Å². The molecule has 10 heteroatoms. The minimum absolute atomic E-state index is 0.0467. The lowest BCUT2D eigenvalue weighted by Crippen LogP contribution is -2.25. The Bertz CT molecular complexity index is 1040. The predicted octanol–water partition coefficient (Wildman–Crippen LogP) is 4.23. The van der Waals surface area contributed by atoms with E-state index in [0.29, 0.717) is 21.5 Å². The van der Waals surface area contributed by atoms with Gasteiger partial charge in [-0.2, -0.15) is 23.4 Å². The summed E-state index contributed by atoms with van der Waals surface area (Å²) >= 11 is 3.22. The lowest BCUT2D eigenvalue weighted by Gasteiger charge is -2.15. The molecule has 0 aliphatic carbocycles. The number of halogens is 4. The molecule has 0 aliphatic rings. The number of aromatic amines is 1. The first kappa shape index (κ1) is 20.1. The van der Waals surface area contributed by atoms with E-state index in [1.807, 2.05) is 0 Å². The number of hydrogen-bond acceptors (Lipinski definition) is 3. The van der Waals surface area contributed by atoms with Crippen LogP contribution in [0.1, 0.15) is 38.7 Å². The van der Waals surface area contributed by atoms with Crippen LogP contribution in [0.25, 0.3) is 5.69 Å². The van der Waals surface area contributed by atoms with Gasteiger partial charge in [0.25, 0.3) is 5.91 Å². The summed E-state index contributed by atoms with van der Waals surface area (Å²) in [6.07, 6.45) is -4.57. The fourth-order valence-electron chi connectivity index (χ4n) is 2.83. The Labute approximate surface area is 167 Å². The standard InChI is InChI=1S/C18H17BrF3N5O/c1-9-6-10(2)27(26-9)13-5-4-12(14(7-13)18(20,21)22)8-23-17(28)16-15(19)11(3)24-25-16/h4-7H,8H2,1-3H3,(H,23,28)(H,24,25). The summed E-state index contributed by atoms with van der Waals surface area (Å²) < 4.78 is 42.7. The van der Waals surface area contributed by atoms with Crippen molar-refractivity contribution in [1.29, 1.82) is 0 Å². The van der Waals surface area contributed by atoms with E-state index in [4.69, 9.17) is 0 Å². The predicted molar refractivity (Wildman–Crippen MR) is 100 cm³/mol. The van der Waals surface area contributed by atoms with Gasteiger partial charge in [-0.15, -0.1) is 0 Å². The Kier molecular flexibility index (Phi) is 5.33. The maximum atomic E-state index is 13.6. The lowest BCUT2D eigenvalue weighted by atomic mass is 10.1. The van der Waals surface area contributed by atoms with Crippen LogP contribution in [0.5, 0.6) is 0 Å². The quantitative estimate of drug-likeness (QED) is 0.617. The van der Waals surface area contributed by atoms with Crippen LogP contribution < -0.4 is 5.32 Å². The number of nitrogens with zero attached hydrogens (tertiary/aromatic N) is 3. The first-order chi connectivity index (χ1) is 13.1. The van der Waals surface area contributed by atoms with Crippen LogP contribution in [0.15, 0.2) is 28.7 Å². The fourth-order valence-corrected chi connectivity index (χ4v) is 3.19. The van der Waals surface area contributed by atoms with Gasteiger partial charge in [-0.1, -0.05) is 6.07 Å². The second kappa shape index (κ2) is 7.42. The number of nitrogens with one attached hydrogen (secondary N) is 2. The van der Waals surface area contributed by atoms with Gasteiger partial charge in [0.05, 0.1) is 21.4 Å². The number of aryl methyl sites for hydroxylation is 3. The summed E-state index contributed by atoms with van der Waals surface area (Å²) in [7, 11) is 0. The topological polar surface area (TPSA) is 75.6 Å². The highest BCUT2D eigenvalue weighted by molar-refractivity contribution is 9.10. The summed E-state index contributed by atoms with van der Waals surface area (Å²) in [5.41, 5.74) is 1.61. The van der Waals surface area contributed by atoms with Crippen molar-refractivity contribution in [1.82, 2.24) is 25.3 Å². The number of H-pyrrole nitrogens is 1. The maximum absolute atomic E-state index is 13.6. The first-order valence-corrected chi connectivity index (χ1v) is 9.09. The highest BCUT2D eigenvalue weighted by atomic mass is 79.9. The number of aromatic nitrogens is 4. The van der Waals surface area contributed by atoms with Crippen LogP contribution in [-0.2, 0) is 12.7 Å². The summed E-state index contributed by atoms with van der Waals surface area (Å²) in [6.45, 7) is 4.97. The van der Waals surface area contributed by atoms with E-state index in [-0.39, 0.29) is 17.8 Å². The minimum atomic E-state index is -4.57. The molecule has 148 valence electrons. The van der Waals surface area contributed by atoms with Gasteiger partial charge in [-0.25, -0.2) is 4.68 Å². The zero-order chi connectivity index (χ0) is 20.6. The molecule has 1 amide bonds. The molecule has 3 rings (SSSR count). The monoisotopic (exact) mass is 455 g/mol. The fraction of sp³-hybridized carbons (Fsp3) is 0.278. The summed E-state index contributed by atoms with van der Waals surface area (Å²) in [6, 6.07) is 5.71. The van der Waals surface area contributed by atoms with Gasteiger partial charge in [-0.05, 0) is 60.5 Å². The second-order valence-electron chi connectivity index (χ2n) is 6.37. The highest BCUT2D eigenvalue weighted by Crippen LogP contribution is 2.33. The molecule has 28 heavy (non-hydrogen) atoms. The highest BCUT2D eigenvalue weighted by Gasteiger charge is 2.34. The van der Waals surface area contributed by atoms with Gasteiger partial charge in [0, 0.05) is 17.9 Å². The Morgan fingerprint density at radius 2 is 1.96 bits per heavy atom. The van der Waals surface area contributed by atoms with Crippen LogP contribution in [0, 0.1) is 20.8 Å². The summed E-state index contributed by atoms with van der Waals surface area (Å²) in [4.78, 5) is 12.2. The first-order valence-electron chi connectivity index (χ1n) is 8.30. The van der Waals surface area contributed by atoms with Gasteiger partial charge in [0.1, 0.15) is 0 Å². The molecule has 1 aromatic carbocycles. The molecule has 6 nitrogen and oxygen atoms in total. The van der Waals surface area contributed by atoms with Crippen molar-refractivity contribution in [3.63, 3.8) is 0 Å². The third kappa shape index (κ3) is 3.96. The van der Waals surface area contributed by atoms with E-state index < -0.39 is 17.6 Å². The molecular weight excluding hydrogens is 439 g/mol. The van der Waals surface area contributed by atoms with Crippen LogP contribution >= 0.6 is 15.9 Å². The smallest absolute Gasteiger partial charge is 0.347 e. The number of carbonyl (C=O) groups is 1. The van der Waals surface area contributed by atoms with Gasteiger partial charge < -0.3 is 5.32 Å². The molecule has 0 saturated carbocycles. The Morgan fingerprint density at radius 3 is 2.50 bits per heavy atom. The van der Waals surface area contributed by atoms with Crippen LogP contribution in [-0.4, -0.2) is 25.9 Å². The lowest BCUT2D eigenvalue weighted by molar-refractivity contribution is -0.138. The number of rotatable bonds is 4. The SMILES string of the molecule is Cc1cc(C)n(-c2ccc(CNC(=O)c3n[nH]c(C)c3Br)c(C(F)(F)F)c2)n1. The largest absolute Gasteiger partial charge is 0.416 e. The Morgan fingerprint density at radius 1 is 1.25 bits per heavy atom. The van der Waals surface area contributed by atoms with Crippen molar-refractivity contribution in [2.45, 2.75) is 33.5 Å². The molecule has 0 unspecified atom stereocenters. The molecule has 3 aromatic rings. The van der Waals surface area contributed by atoms with Crippen molar-refractivity contribution in [2.24, 2.45) is 0 Å². The van der Waals surface area contributed by atoms with Gasteiger partial charge >= 0.3 is 6.18 Å². The van der Waals surface area contributed by atoms with E-state index >= 15 is 0 Å². The number of alkyl halides is 3. The molecule has 0 aliphatic heterocycles. The average Bonchev–Trinajstić information content (AvgIpc) is 3.13. The summed E-state index contributed by atoms with van der Waals surface area (Å²) in [5.74, 6) is -0.577. The van der Waals surface area contributed by atoms with E-state index in [0.717, 1.165) is 11.8 Å². The molecule has 0 bridgehead atoms. The Balaban J connectivity index is 1.89. The third-order valence-electron chi connectivity index (χ3n) is 4.18. The van der Waals surface area contributed by atoms with Crippen molar-refractivity contribution >= 4 is 21.8 Å². The third-order valence-corrected chi connectivity index (χ3v) is 5.15. The number of carbonyl (C=O) groups excluding carboxylic acids is 1. The molecule has 2 aromatic heterocycles. The molecule has 2 heterocycles.